The molecule has 0 fully saturated rings. The third-order valence-electron chi connectivity index (χ3n) is 5.14. The van der Waals surface area contributed by atoms with Crippen molar-refractivity contribution in [1.82, 2.24) is 4.98 Å². The summed E-state index contributed by atoms with van der Waals surface area (Å²) in [5.41, 5.74) is 27.2. The lowest BCUT2D eigenvalue weighted by Crippen LogP contribution is -2.13. The van der Waals surface area contributed by atoms with Crippen molar-refractivity contribution in [3.63, 3.8) is 0 Å². The molecule has 0 spiro atoms. The first-order chi connectivity index (χ1) is 15.1. The average molecular weight is 422 g/mol. The Hall–Kier alpha value is -3.09. The molecular weight excluding hydrogens is 386 g/mol. The Balaban J connectivity index is 0.000000245. The van der Waals surface area contributed by atoms with Crippen molar-refractivity contribution in [2.45, 2.75) is 38.0 Å². The summed E-state index contributed by atoms with van der Waals surface area (Å²) in [5, 5.41) is 8.56. The molecule has 1 unspecified atom stereocenters. The molecule has 2 aromatic carbocycles. The van der Waals surface area contributed by atoms with Gasteiger partial charge >= 0.3 is 0 Å². The number of aromatic nitrogens is 1. The van der Waals surface area contributed by atoms with Crippen molar-refractivity contribution < 1.29 is 5.11 Å². The highest BCUT2D eigenvalue weighted by Gasteiger charge is 2.18. The van der Waals surface area contributed by atoms with Gasteiger partial charge in [-0.1, -0.05) is 67.1 Å². The maximum absolute atomic E-state index is 8.56. The molecule has 0 aliphatic carbocycles. The molecule has 1 atom stereocenters. The van der Waals surface area contributed by atoms with Crippen molar-refractivity contribution in [3.05, 3.63) is 83.4 Å². The van der Waals surface area contributed by atoms with Crippen LogP contribution in [0.15, 0.2) is 66.7 Å². The molecule has 31 heavy (non-hydrogen) atoms. The Morgan fingerprint density at radius 3 is 2.10 bits per heavy atom. The number of nitrogens with zero attached hydrogens (tertiary/aromatic N) is 1. The van der Waals surface area contributed by atoms with E-state index in [1.54, 1.807) is 6.07 Å². The minimum atomic E-state index is 0.0822. The predicted molar refractivity (Wildman–Crippen MR) is 131 cm³/mol. The number of rotatable bonds is 9. The minimum absolute atomic E-state index is 0.0822. The van der Waals surface area contributed by atoms with Gasteiger partial charge in [0.15, 0.2) is 0 Å². The van der Waals surface area contributed by atoms with Crippen molar-refractivity contribution in [2.75, 3.05) is 30.4 Å². The third-order valence-corrected chi connectivity index (χ3v) is 5.14. The Kier molecular flexibility index (Phi) is 10.3. The Labute approximate surface area is 185 Å². The Bertz CT molecular complexity index is 887. The van der Waals surface area contributed by atoms with Crippen LogP contribution in [0.25, 0.3) is 0 Å². The molecular formula is C25H35N5O. The summed E-state index contributed by atoms with van der Waals surface area (Å²) in [4.78, 5) is 3.97. The van der Waals surface area contributed by atoms with E-state index in [1.165, 1.54) is 12.0 Å². The summed E-state index contributed by atoms with van der Waals surface area (Å²) >= 11 is 0. The zero-order valence-corrected chi connectivity index (χ0v) is 18.1. The highest BCUT2D eigenvalue weighted by Crippen LogP contribution is 2.34. The smallest absolute Gasteiger partial charge is 0.149 e. The molecule has 1 aromatic heterocycles. The molecule has 166 valence electrons. The van der Waals surface area contributed by atoms with E-state index in [2.05, 4.69) is 29.2 Å². The second-order valence-electron chi connectivity index (χ2n) is 7.50. The van der Waals surface area contributed by atoms with Crippen LogP contribution >= 0.6 is 0 Å². The van der Waals surface area contributed by atoms with Crippen LogP contribution in [-0.2, 0) is 6.42 Å². The summed E-state index contributed by atoms with van der Waals surface area (Å²) < 4.78 is 0. The van der Waals surface area contributed by atoms with Gasteiger partial charge in [-0.05, 0) is 55.0 Å². The van der Waals surface area contributed by atoms with E-state index in [4.69, 9.17) is 28.0 Å². The number of aliphatic hydroxyl groups excluding tert-OH is 1. The summed E-state index contributed by atoms with van der Waals surface area (Å²) in [5.74, 6) is 0.728. The molecule has 0 bridgehead atoms. The monoisotopic (exact) mass is 421 g/mol. The lowest BCUT2D eigenvalue weighted by atomic mass is 9.88. The molecule has 0 saturated carbocycles. The van der Waals surface area contributed by atoms with E-state index >= 15 is 0 Å². The highest BCUT2D eigenvalue weighted by atomic mass is 16.2. The van der Waals surface area contributed by atoms with Crippen molar-refractivity contribution in [1.29, 1.82) is 0 Å². The summed E-state index contributed by atoms with van der Waals surface area (Å²) in [6.07, 6.45) is 5.17. The number of pyridine rings is 1. The summed E-state index contributed by atoms with van der Waals surface area (Å²) in [6.45, 7) is 0.885. The number of unbranched alkanes of at least 4 members (excludes halogenated alkanes) is 2. The Morgan fingerprint density at radius 1 is 0.839 bits per heavy atom. The zero-order chi connectivity index (χ0) is 22.5. The molecule has 3 aromatic rings. The van der Waals surface area contributed by atoms with Crippen molar-refractivity contribution in [3.8, 4) is 0 Å². The lowest BCUT2D eigenvalue weighted by molar-refractivity contribution is 0.283. The van der Waals surface area contributed by atoms with Crippen LogP contribution in [0.4, 0.5) is 17.3 Å². The second-order valence-corrected chi connectivity index (χ2v) is 7.50. The second kappa shape index (κ2) is 13.3. The molecule has 0 aliphatic rings. The molecule has 0 aliphatic heterocycles. The molecule has 6 heteroatoms. The standard InChI is InChI=1S/C14H19N5.C11H16O/c15-7-6-10(9-4-2-1-3-5-9)11-8-12(16)19-14(18)13(11)17;12-10-6-2-5-9-11-7-3-1-4-8-11/h1-5,8,10H,6-7,15,17H2,(H4,16,18,19);1,3-4,7-8,12H,2,5-6,9-10H2. The number of aryl methyl sites for hydroxylation is 1. The third kappa shape index (κ3) is 7.92. The van der Waals surface area contributed by atoms with Gasteiger partial charge in [0.1, 0.15) is 11.6 Å². The minimum Gasteiger partial charge on any atom is -0.396 e. The molecule has 1 heterocycles. The van der Waals surface area contributed by atoms with Crippen LogP contribution in [0.2, 0.25) is 0 Å². The maximum atomic E-state index is 8.56. The van der Waals surface area contributed by atoms with Gasteiger partial charge in [-0.2, -0.15) is 0 Å². The fraction of sp³-hybridized carbons (Fsp3) is 0.320. The number of benzene rings is 2. The molecule has 9 N–H and O–H groups in total. The lowest BCUT2D eigenvalue weighted by Gasteiger charge is -2.20. The average Bonchev–Trinajstić information content (AvgIpc) is 2.79. The predicted octanol–water partition coefficient (Wildman–Crippen LogP) is 3.70. The van der Waals surface area contributed by atoms with Gasteiger partial charge in [-0.15, -0.1) is 0 Å². The quantitative estimate of drug-likeness (QED) is 0.334. The van der Waals surface area contributed by atoms with E-state index in [-0.39, 0.29) is 11.7 Å². The number of aliphatic hydroxyl groups is 1. The van der Waals surface area contributed by atoms with E-state index in [0.717, 1.165) is 36.8 Å². The number of hydrogen-bond donors (Lipinski definition) is 5. The Morgan fingerprint density at radius 2 is 1.48 bits per heavy atom. The van der Waals surface area contributed by atoms with Gasteiger partial charge in [0.2, 0.25) is 0 Å². The molecule has 0 saturated heterocycles. The van der Waals surface area contributed by atoms with E-state index in [9.17, 15) is 0 Å². The first-order valence-electron chi connectivity index (χ1n) is 10.8. The van der Waals surface area contributed by atoms with Crippen LogP contribution in [0.3, 0.4) is 0 Å². The van der Waals surface area contributed by atoms with Crippen LogP contribution in [-0.4, -0.2) is 23.2 Å². The summed E-state index contributed by atoms with van der Waals surface area (Å²) in [6, 6.07) is 22.3. The van der Waals surface area contributed by atoms with Crippen LogP contribution in [0.5, 0.6) is 0 Å². The number of nitrogen functional groups attached to an aromatic ring is 3. The number of nitrogens with two attached hydrogens (primary N) is 4. The van der Waals surface area contributed by atoms with Gasteiger partial charge in [0.05, 0.1) is 5.69 Å². The first-order valence-corrected chi connectivity index (χ1v) is 10.8. The fourth-order valence-corrected chi connectivity index (χ4v) is 3.52. The van der Waals surface area contributed by atoms with E-state index < -0.39 is 0 Å². The number of anilines is 3. The summed E-state index contributed by atoms with van der Waals surface area (Å²) in [7, 11) is 0. The van der Waals surface area contributed by atoms with Gasteiger partial charge in [0, 0.05) is 12.5 Å². The van der Waals surface area contributed by atoms with E-state index in [1.807, 2.05) is 36.4 Å². The molecule has 0 radical (unpaired) electrons. The highest BCUT2D eigenvalue weighted by molar-refractivity contribution is 5.68. The number of hydrogen-bond acceptors (Lipinski definition) is 6. The molecule has 3 rings (SSSR count). The molecule has 6 nitrogen and oxygen atoms in total. The largest absolute Gasteiger partial charge is 0.396 e. The van der Waals surface area contributed by atoms with Crippen LogP contribution in [0, 0.1) is 0 Å². The SMILES string of the molecule is NCCC(c1ccccc1)c1cc(N)nc(N)c1N.OCCCCCc1ccccc1. The topological polar surface area (TPSA) is 137 Å². The van der Waals surface area contributed by atoms with Crippen molar-refractivity contribution in [2.24, 2.45) is 5.73 Å². The van der Waals surface area contributed by atoms with E-state index in [0.29, 0.717) is 24.7 Å². The fourth-order valence-electron chi connectivity index (χ4n) is 3.52. The van der Waals surface area contributed by atoms with Crippen LogP contribution in [0.1, 0.15) is 48.3 Å². The van der Waals surface area contributed by atoms with Crippen molar-refractivity contribution >= 4 is 17.3 Å². The van der Waals surface area contributed by atoms with Crippen LogP contribution < -0.4 is 22.9 Å². The zero-order valence-electron chi connectivity index (χ0n) is 18.1. The molecule has 0 amide bonds. The van der Waals surface area contributed by atoms with Gasteiger partial charge in [-0.25, -0.2) is 4.98 Å². The van der Waals surface area contributed by atoms with Gasteiger partial charge < -0.3 is 28.0 Å². The van der Waals surface area contributed by atoms with Gasteiger partial charge in [0.25, 0.3) is 0 Å². The van der Waals surface area contributed by atoms with Gasteiger partial charge in [-0.3, -0.25) is 0 Å². The maximum Gasteiger partial charge on any atom is 0.149 e. The first kappa shape index (κ1) is 24.2. The normalized spacial score (nSPS) is 11.4.